The minimum atomic E-state index is -0.660. The molecule has 1 unspecified atom stereocenters. The predicted molar refractivity (Wildman–Crippen MR) is 127 cm³/mol. The van der Waals surface area contributed by atoms with Crippen LogP contribution in [0.4, 0.5) is 0 Å². The van der Waals surface area contributed by atoms with E-state index in [9.17, 15) is 14.4 Å². The summed E-state index contributed by atoms with van der Waals surface area (Å²) in [5.41, 5.74) is 3.10. The molecule has 2 rings (SSSR count). The van der Waals surface area contributed by atoms with Crippen LogP contribution in [0.5, 0.6) is 11.5 Å². The van der Waals surface area contributed by atoms with Crippen molar-refractivity contribution in [1.82, 2.24) is 0 Å². The van der Waals surface area contributed by atoms with Gasteiger partial charge in [0.2, 0.25) is 0 Å². The lowest BCUT2D eigenvalue weighted by molar-refractivity contribution is -0.147. The van der Waals surface area contributed by atoms with E-state index in [0.29, 0.717) is 23.5 Å². The Balaban J connectivity index is 2.76. The molecule has 33 heavy (non-hydrogen) atoms. The van der Waals surface area contributed by atoms with E-state index in [4.69, 9.17) is 14.2 Å². The zero-order valence-electron chi connectivity index (χ0n) is 20.5. The maximum atomic E-state index is 12.0. The van der Waals surface area contributed by atoms with Crippen LogP contribution in [0.2, 0.25) is 0 Å². The predicted octanol–water partition coefficient (Wildman–Crippen LogP) is 5.83. The highest BCUT2D eigenvalue weighted by atomic mass is 16.6. The Morgan fingerprint density at radius 3 is 2.00 bits per heavy atom. The average molecular weight is 457 g/mol. The second-order valence-corrected chi connectivity index (χ2v) is 8.86. The van der Waals surface area contributed by atoms with Crippen molar-refractivity contribution < 1.29 is 28.6 Å². The van der Waals surface area contributed by atoms with Gasteiger partial charge in [0.25, 0.3) is 0 Å². The third-order valence-corrected chi connectivity index (χ3v) is 5.94. The zero-order valence-corrected chi connectivity index (χ0v) is 20.5. The summed E-state index contributed by atoms with van der Waals surface area (Å²) in [6.07, 6.45) is 4.60. The van der Waals surface area contributed by atoms with Gasteiger partial charge in [0.05, 0.1) is 0 Å². The quantitative estimate of drug-likeness (QED) is 0.201. The number of unbranched alkanes of at least 4 members (excludes halogenated alkanes) is 2. The van der Waals surface area contributed by atoms with Gasteiger partial charge in [-0.15, -0.1) is 0 Å². The first-order valence-electron chi connectivity index (χ1n) is 11.6. The molecule has 0 radical (unpaired) electrons. The molecule has 6 nitrogen and oxygen atoms in total. The maximum Gasteiger partial charge on any atom is 0.308 e. The lowest BCUT2D eigenvalue weighted by Crippen LogP contribution is -2.36. The monoisotopic (exact) mass is 456 g/mol. The van der Waals surface area contributed by atoms with Crippen molar-refractivity contribution in [2.45, 2.75) is 85.2 Å². The van der Waals surface area contributed by atoms with Crippen molar-refractivity contribution in [3.63, 3.8) is 0 Å². The van der Waals surface area contributed by atoms with Crippen molar-refractivity contribution in [2.75, 3.05) is 0 Å². The standard InChI is InChI=1S/C27H36O6/c1-8-9-10-11-21-14-23(31-18(5)28)26(24(15-21)32-19(6)29)25-22(16(2)3)13-12-17(4)27(25)33-20(7)30/h14-15,22,25,27H,2,4,8-13H2,1,3,5-7H3/t22-,25+,27?/m1/s1. The van der Waals surface area contributed by atoms with Gasteiger partial charge < -0.3 is 14.2 Å². The molecule has 180 valence electrons. The van der Waals surface area contributed by atoms with Crippen molar-refractivity contribution in [3.05, 3.63) is 47.6 Å². The third kappa shape index (κ3) is 7.04. The molecular weight excluding hydrogens is 420 g/mol. The van der Waals surface area contributed by atoms with Gasteiger partial charge in [-0.05, 0) is 61.8 Å². The fourth-order valence-electron chi connectivity index (χ4n) is 4.55. The normalized spacial score (nSPS) is 20.2. The molecule has 0 aromatic heterocycles. The molecule has 0 amide bonds. The van der Waals surface area contributed by atoms with Crippen LogP contribution in [0.25, 0.3) is 0 Å². The number of esters is 3. The van der Waals surface area contributed by atoms with E-state index in [-0.39, 0.29) is 5.92 Å². The first-order valence-corrected chi connectivity index (χ1v) is 11.6. The molecule has 1 aliphatic rings. The molecule has 3 atom stereocenters. The van der Waals surface area contributed by atoms with Crippen LogP contribution < -0.4 is 9.47 Å². The molecule has 0 bridgehead atoms. The molecule has 1 saturated carbocycles. The molecule has 1 fully saturated rings. The van der Waals surface area contributed by atoms with Gasteiger partial charge >= 0.3 is 17.9 Å². The molecule has 1 aliphatic carbocycles. The highest BCUT2D eigenvalue weighted by Gasteiger charge is 2.42. The Hall–Kier alpha value is -2.89. The number of rotatable bonds is 9. The first-order chi connectivity index (χ1) is 15.5. The van der Waals surface area contributed by atoms with E-state index in [1.165, 1.54) is 20.8 Å². The van der Waals surface area contributed by atoms with Crippen LogP contribution in [0.15, 0.2) is 36.4 Å². The average Bonchev–Trinajstić information content (AvgIpc) is 2.68. The van der Waals surface area contributed by atoms with Crippen molar-refractivity contribution in [2.24, 2.45) is 5.92 Å². The lowest BCUT2D eigenvalue weighted by Gasteiger charge is -2.40. The number of hydrogen-bond donors (Lipinski definition) is 0. The lowest BCUT2D eigenvalue weighted by atomic mass is 9.68. The largest absolute Gasteiger partial charge is 0.457 e. The van der Waals surface area contributed by atoms with Gasteiger partial charge in [0.15, 0.2) is 0 Å². The fraction of sp³-hybridized carbons (Fsp3) is 0.519. The molecule has 0 saturated heterocycles. The Kier molecular flexibility index (Phi) is 9.44. The van der Waals surface area contributed by atoms with Gasteiger partial charge in [-0.3, -0.25) is 14.4 Å². The molecule has 0 N–H and O–H groups in total. The van der Waals surface area contributed by atoms with Gasteiger partial charge in [0, 0.05) is 32.3 Å². The number of allylic oxidation sites excluding steroid dienone is 1. The van der Waals surface area contributed by atoms with Crippen molar-refractivity contribution in [3.8, 4) is 11.5 Å². The summed E-state index contributed by atoms with van der Waals surface area (Å²) in [6.45, 7) is 16.4. The van der Waals surface area contributed by atoms with Crippen LogP contribution in [0.1, 0.15) is 83.8 Å². The second-order valence-electron chi connectivity index (χ2n) is 8.86. The number of carbonyl (C=O) groups excluding carboxylic acids is 3. The van der Waals surface area contributed by atoms with Crippen LogP contribution >= 0.6 is 0 Å². The molecule has 1 aromatic carbocycles. The smallest absolute Gasteiger partial charge is 0.308 e. The Bertz CT molecular complexity index is 892. The van der Waals surface area contributed by atoms with Crippen LogP contribution in [-0.2, 0) is 25.5 Å². The molecule has 0 spiro atoms. The first kappa shape index (κ1) is 26.4. The third-order valence-electron chi connectivity index (χ3n) is 5.94. The highest BCUT2D eigenvalue weighted by molar-refractivity contribution is 5.74. The highest BCUT2D eigenvalue weighted by Crippen LogP contribution is 2.50. The number of carbonyl (C=O) groups is 3. The van der Waals surface area contributed by atoms with Gasteiger partial charge in [-0.2, -0.15) is 0 Å². The molecule has 1 aromatic rings. The Morgan fingerprint density at radius 2 is 1.55 bits per heavy atom. The maximum absolute atomic E-state index is 12.0. The van der Waals surface area contributed by atoms with Crippen LogP contribution in [0, 0.1) is 5.92 Å². The summed E-state index contributed by atoms with van der Waals surface area (Å²) < 4.78 is 17.0. The fourth-order valence-corrected chi connectivity index (χ4v) is 4.55. The van der Waals surface area contributed by atoms with Gasteiger partial charge in [-0.25, -0.2) is 0 Å². The van der Waals surface area contributed by atoms with E-state index >= 15 is 0 Å². The van der Waals surface area contributed by atoms with Crippen LogP contribution in [-0.4, -0.2) is 24.0 Å². The van der Waals surface area contributed by atoms with Gasteiger partial charge in [0.1, 0.15) is 17.6 Å². The summed E-state index contributed by atoms with van der Waals surface area (Å²) >= 11 is 0. The molecular formula is C27H36O6. The molecule has 6 heteroatoms. The van der Waals surface area contributed by atoms with E-state index in [2.05, 4.69) is 20.1 Å². The summed E-state index contributed by atoms with van der Waals surface area (Å²) in [5, 5.41) is 0. The van der Waals surface area contributed by atoms with E-state index in [0.717, 1.165) is 48.8 Å². The second kappa shape index (κ2) is 11.8. The summed E-state index contributed by atoms with van der Waals surface area (Å²) in [6, 6.07) is 3.66. The minimum Gasteiger partial charge on any atom is -0.457 e. The Labute approximate surface area is 197 Å². The molecule has 0 heterocycles. The summed E-state index contributed by atoms with van der Waals surface area (Å²) in [4.78, 5) is 36.1. The van der Waals surface area contributed by atoms with Crippen molar-refractivity contribution in [1.29, 1.82) is 0 Å². The van der Waals surface area contributed by atoms with E-state index in [1.54, 1.807) is 0 Å². The summed E-state index contributed by atoms with van der Waals surface area (Å²) in [7, 11) is 0. The van der Waals surface area contributed by atoms with E-state index in [1.807, 2.05) is 19.1 Å². The Morgan fingerprint density at radius 1 is 0.970 bits per heavy atom. The number of ether oxygens (including phenoxy) is 3. The SMILES string of the molecule is C=C1CC[C@H](C(=C)C)[C@@H](c2c(OC(C)=O)cc(CCCCC)cc2OC(C)=O)C1OC(C)=O. The number of benzene rings is 1. The zero-order chi connectivity index (χ0) is 24.7. The number of hydrogen-bond acceptors (Lipinski definition) is 6. The minimum absolute atomic E-state index is 0.0885. The van der Waals surface area contributed by atoms with Crippen molar-refractivity contribution >= 4 is 17.9 Å². The number of aryl methyl sites for hydroxylation is 1. The van der Waals surface area contributed by atoms with Gasteiger partial charge in [-0.1, -0.05) is 38.5 Å². The van der Waals surface area contributed by atoms with Crippen LogP contribution in [0.3, 0.4) is 0 Å². The topological polar surface area (TPSA) is 78.9 Å². The summed E-state index contributed by atoms with van der Waals surface area (Å²) in [5.74, 6) is -1.32. The molecule has 0 aliphatic heterocycles. The van der Waals surface area contributed by atoms with E-state index < -0.39 is 29.9 Å².